The van der Waals surface area contributed by atoms with Gasteiger partial charge < -0.3 is 14.8 Å². The lowest BCUT2D eigenvalue weighted by Gasteiger charge is -2.27. The first-order valence-corrected chi connectivity index (χ1v) is 8.31. The van der Waals surface area contributed by atoms with E-state index in [1.807, 2.05) is 0 Å². The third-order valence-corrected chi connectivity index (χ3v) is 4.66. The molecule has 3 nitrogen and oxygen atoms in total. The third kappa shape index (κ3) is 4.13. The van der Waals surface area contributed by atoms with Crippen LogP contribution in [-0.2, 0) is 6.54 Å². The minimum absolute atomic E-state index is 0.352. The van der Waals surface area contributed by atoms with Crippen molar-refractivity contribution in [3.05, 3.63) is 23.8 Å². The predicted molar refractivity (Wildman–Crippen MR) is 84.9 cm³/mol. The van der Waals surface area contributed by atoms with E-state index in [0.717, 1.165) is 42.8 Å². The number of hydrogen-bond donors (Lipinski definition) is 1. The molecule has 0 saturated heterocycles. The normalized spacial score (nSPS) is 25.6. The fourth-order valence-electron chi connectivity index (χ4n) is 3.00. The highest BCUT2D eigenvalue weighted by Gasteiger charge is 2.22. The van der Waals surface area contributed by atoms with Crippen LogP contribution in [0.2, 0.25) is 0 Å². The topological polar surface area (TPSA) is 30.5 Å². The Morgan fingerprint density at radius 2 is 1.81 bits per heavy atom. The van der Waals surface area contributed by atoms with Crippen molar-refractivity contribution in [2.75, 3.05) is 7.11 Å². The minimum Gasteiger partial charge on any atom is -0.493 e. The van der Waals surface area contributed by atoms with Crippen LogP contribution in [0.5, 0.6) is 11.5 Å². The van der Waals surface area contributed by atoms with Gasteiger partial charge in [-0.05, 0) is 62.1 Å². The second kappa shape index (κ2) is 6.69. The maximum absolute atomic E-state index is 6.17. The van der Waals surface area contributed by atoms with Gasteiger partial charge in [0.15, 0.2) is 11.5 Å². The maximum Gasteiger partial charge on any atom is 0.161 e. The molecule has 0 aromatic heterocycles. The smallest absolute Gasteiger partial charge is 0.161 e. The fourth-order valence-corrected chi connectivity index (χ4v) is 3.00. The summed E-state index contributed by atoms with van der Waals surface area (Å²) in [6, 6.07) is 7.06. The molecule has 116 valence electrons. The zero-order chi connectivity index (χ0) is 14.7. The summed E-state index contributed by atoms with van der Waals surface area (Å²) in [6.45, 7) is 3.25. The van der Waals surface area contributed by atoms with Gasteiger partial charge in [-0.3, -0.25) is 0 Å². The molecule has 0 radical (unpaired) electrons. The summed E-state index contributed by atoms with van der Waals surface area (Å²) in [6.07, 6.45) is 7.86. The quantitative estimate of drug-likeness (QED) is 0.861. The molecule has 1 N–H and O–H groups in total. The van der Waals surface area contributed by atoms with Gasteiger partial charge in [-0.2, -0.15) is 0 Å². The SMILES string of the molecule is COc1cc(CNC2CC2)ccc1OC1CCC(C)CC1. The van der Waals surface area contributed by atoms with E-state index in [1.54, 1.807) is 7.11 Å². The number of methoxy groups -OCH3 is 1. The largest absolute Gasteiger partial charge is 0.493 e. The van der Waals surface area contributed by atoms with E-state index in [4.69, 9.17) is 9.47 Å². The van der Waals surface area contributed by atoms with E-state index < -0.39 is 0 Å². The zero-order valence-corrected chi connectivity index (χ0v) is 13.2. The van der Waals surface area contributed by atoms with Gasteiger partial charge in [-0.1, -0.05) is 13.0 Å². The van der Waals surface area contributed by atoms with Crippen LogP contribution < -0.4 is 14.8 Å². The van der Waals surface area contributed by atoms with Crippen LogP contribution in [0, 0.1) is 5.92 Å². The Labute approximate surface area is 128 Å². The van der Waals surface area contributed by atoms with Crippen molar-refractivity contribution in [3.63, 3.8) is 0 Å². The first kappa shape index (κ1) is 14.7. The molecule has 21 heavy (non-hydrogen) atoms. The highest BCUT2D eigenvalue weighted by Crippen LogP contribution is 2.33. The molecule has 0 spiro atoms. The molecule has 0 unspecified atom stereocenters. The molecular formula is C18H27NO2. The maximum atomic E-state index is 6.17. The van der Waals surface area contributed by atoms with E-state index in [1.165, 1.54) is 31.2 Å². The van der Waals surface area contributed by atoms with Gasteiger partial charge in [0.25, 0.3) is 0 Å². The lowest BCUT2D eigenvalue weighted by Crippen LogP contribution is -2.23. The van der Waals surface area contributed by atoms with Crippen LogP contribution in [-0.4, -0.2) is 19.3 Å². The van der Waals surface area contributed by atoms with Crippen molar-refractivity contribution in [1.82, 2.24) is 5.32 Å². The standard InChI is InChI=1S/C18H27NO2/c1-13-3-8-16(9-4-13)21-17-10-5-14(11-18(17)20-2)12-19-15-6-7-15/h5,10-11,13,15-16,19H,3-4,6-9,12H2,1-2H3. The van der Waals surface area contributed by atoms with Crippen LogP contribution in [0.15, 0.2) is 18.2 Å². The molecule has 1 aromatic carbocycles. The summed E-state index contributed by atoms with van der Waals surface area (Å²) in [7, 11) is 1.73. The van der Waals surface area contributed by atoms with Gasteiger partial charge in [-0.15, -0.1) is 0 Å². The molecule has 3 heteroatoms. The molecule has 0 heterocycles. The molecule has 2 aliphatic carbocycles. The van der Waals surface area contributed by atoms with E-state index in [-0.39, 0.29) is 0 Å². The minimum atomic E-state index is 0.352. The van der Waals surface area contributed by atoms with Gasteiger partial charge >= 0.3 is 0 Å². The Morgan fingerprint density at radius 3 is 2.48 bits per heavy atom. The summed E-state index contributed by atoms with van der Waals surface area (Å²) in [4.78, 5) is 0. The lowest BCUT2D eigenvalue weighted by atomic mass is 9.89. The Hall–Kier alpha value is -1.22. The van der Waals surface area contributed by atoms with Crippen molar-refractivity contribution < 1.29 is 9.47 Å². The number of hydrogen-bond acceptors (Lipinski definition) is 3. The molecule has 1 aromatic rings. The summed E-state index contributed by atoms with van der Waals surface area (Å²) in [5.41, 5.74) is 1.27. The molecule has 3 rings (SSSR count). The molecule has 2 saturated carbocycles. The van der Waals surface area contributed by atoms with Gasteiger partial charge in [0.05, 0.1) is 13.2 Å². The van der Waals surface area contributed by atoms with Crippen molar-refractivity contribution in [2.24, 2.45) is 5.92 Å². The number of nitrogens with one attached hydrogen (secondary N) is 1. The molecule has 2 fully saturated rings. The monoisotopic (exact) mass is 289 g/mol. The Balaban J connectivity index is 1.60. The van der Waals surface area contributed by atoms with E-state index in [0.29, 0.717) is 6.10 Å². The van der Waals surface area contributed by atoms with Crippen LogP contribution in [0.4, 0.5) is 0 Å². The zero-order valence-electron chi connectivity index (χ0n) is 13.2. The van der Waals surface area contributed by atoms with Crippen LogP contribution in [0.3, 0.4) is 0 Å². The average Bonchev–Trinajstić information content (AvgIpc) is 3.33. The Morgan fingerprint density at radius 1 is 1.05 bits per heavy atom. The first-order valence-electron chi connectivity index (χ1n) is 8.31. The van der Waals surface area contributed by atoms with Crippen molar-refractivity contribution in [3.8, 4) is 11.5 Å². The lowest BCUT2D eigenvalue weighted by molar-refractivity contribution is 0.131. The second-order valence-electron chi connectivity index (χ2n) is 6.64. The van der Waals surface area contributed by atoms with Gasteiger partial charge in [-0.25, -0.2) is 0 Å². The van der Waals surface area contributed by atoms with Gasteiger partial charge in [0.1, 0.15) is 0 Å². The predicted octanol–water partition coefficient (Wildman–Crippen LogP) is 3.90. The van der Waals surface area contributed by atoms with Crippen LogP contribution in [0.25, 0.3) is 0 Å². The number of rotatable bonds is 6. The van der Waals surface area contributed by atoms with Gasteiger partial charge in [0.2, 0.25) is 0 Å². The summed E-state index contributed by atoms with van der Waals surface area (Å²) < 4.78 is 11.7. The Kier molecular flexibility index (Phi) is 4.69. The second-order valence-corrected chi connectivity index (χ2v) is 6.64. The van der Waals surface area contributed by atoms with Crippen molar-refractivity contribution in [1.29, 1.82) is 0 Å². The average molecular weight is 289 g/mol. The molecule has 0 bridgehead atoms. The van der Waals surface area contributed by atoms with Crippen LogP contribution >= 0.6 is 0 Å². The van der Waals surface area contributed by atoms with Crippen molar-refractivity contribution in [2.45, 2.75) is 64.1 Å². The Bertz CT molecular complexity index is 462. The van der Waals surface area contributed by atoms with E-state index in [9.17, 15) is 0 Å². The highest BCUT2D eigenvalue weighted by atomic mass is 16.5. The van der Waals surface area contributed by atoms with Crippen molar-refractivity contribution >= 4 is 0 Å². The molecule has 0 aliphatic heterocycles. The number of benzene rings is 1. The first-order chi connectivity index (χ1) is 10.2. The van der Waals surface area contributed by atoms with E-state index in [2.05, 4.69) is 30.4 Å². The number of ether oxygens (including phenoxy) is 2. The molecular weight excluding hydrogens is 262 g/mol. The van der Waals surface area contributed by atoms with Crippen LogP contribution in [0.1, 0.15) is 51.0 Å². The molecule has 2 aliphatic rings. The highest BCUT2D eigenvalue weighted by molar-refractivity contribution is 5.43. The summed E-state index contributed by atoms with van der Waals surface area (Å²) in [5, 5.41) is 3.53. The molecule has 0 atom stereocenters. The van der Waals surface area contributed by atoms with Gasteiger partial charge in [0, 0.05) is 12.6 Å². The third-order valence-electron chi connectivity index (χ3n) is 4.66. The molecule has 0 amide bonds. The summed E-state index contributed by atoms with van der Waals surface area (Å²) in [5.74, 6) is 2.61. The fraction of sp³-hybridized carbons (Fsp3) is 0.667. The van der Waals surface area contributed by atoms with E-state index >= 15 is 0 Å². The summed E-state index contributed by atoms with van der Waals surface area (Å²) >= 11 is 0.